The average Bonchev–Trinajstić information content (AvgIpc) is 2.36. The van der Waals surface area contributed by atoms with Crippen LogP contribution in [0.1, 0.15) is 20.8 Å². The topological polar surface area (TPSA) is 111 Å². The van der Waals surface area contributed by atoms with Gasteiger partial charge in [0.1, 0.15) is 5.75 Å². The van der Waals surface area contributed by atoms with Crippen LogP contribution in [-0.2, 0) is 14.7 Å². The molecule has 1 aromatic carbocycles. The van der Waals surface area contributed by atoms with E-state index in [0.29, 0.717) is 5.69 Å². The second-order valence-electron chi connectivity index (χ2n) is 5.32. The lowest BCUT2D eigenvalue weighted by Gasteiger charge is -2.18. The predicted octanol–water partition coefficient (Wildman–Crippen LogP) is 1.72. The maximum Gasteiger partial charge on any atom is 0.437 e. The molecule has 0 aliphatic heterocycles. The highest BCUT2D eigenvalue weighted by Crippen LogP contribution is 2.15. The third-order valence-corrected chi connectivity index (χ3v) is 5.08. The molecule has 0 fully saturated rings. The van der Waals surface area contributed by atoms with Crippen molar-refractivity contribution in [3.05, 3.63) is 30.3 Å². The van der Waals surface area contributed by atoms with E-state index in [-0.39, 0.29) is 5.84 Å². The van der Waals surface area contributed by atoms with Gasteiger partial charge in [-0.25, -0.2) is 13.2 Å². The molecule has 116 valence electrons. The molecule has 0 spiro atoms. The molecule has 1 aromatic rings. The highest BCUT2D eigenvalue weighted by atomic mass is 32.2. The molecule has 1 amide bonds. The molecule has 0 aliphatic carbocycles. The van der Waals surface area contributed by atoms with Crippen LogP contribution in [0.2, 0.25) is 0 Å². The zero-order valence-electron chi connectivity index (χ0n) is 12.2. The van der Waals surface area contributed by atoms with E-state index in [0.717, 1.165) is 0 Å². The molecular weight excluding hydrogens is 294 g/mol. The van der Waals surface area contributed by atoms with E-state index in [1.54, 1.807) is 51.1 Å². The third-order valence-electron chi connectivity index (χ3n) is 2.54. The van der Waals surface area contributed by atoms with Crippen molar-refractivity contribution in [3.8, 4) is 0 Å². The van der Waals surface area contributed by atoms with E-state index in [2.05, 4.69) is 15.3 Å². The standard InChI is InChI=1S/C13H19N3O4S/c1-13(2,3)21(18,19)9-11(14)16-20-12(17)15-10-7-5-4-6-8-10/h4-8H,9H2,1-3H3,(H2,14,16)(H,15,17). The summed E-state index contributed by atoms with van der Waals surface area (Å²) in [5.74, 6) is -0.761. The van der Waals surface area contributed by atoms with Gasteiger partial charge in [-0.15, -0.1) is 0 Å². The van der Waals surface area contributed by atoms with Crippen molar-refractivity contribution in [2.75, 3.05) is 11.1 Å². The quantitative estimate of drug-likeness (QED) is 0.380. The number of carbonyl (C=O) groups is 1. The Labute approximate surface area is 124 Å². The molecule has 0 atom stereocenters. The maximum atomic E-state index is 11.9. The van der Waals surface area contributed by atoms with Crippen molar-refractivity contribution >= 4 is 27.5 Å². The summed E-state index contributed by atoms with van der Waals surface area (Å²) in [5, 5.41) is 5.74. The van der Waals surface area contributed by atoms with E-state index in [1.807, 2.05) is 0 Å². The van der Waals surface area contributed by atoms with Gasteiger partial charge in [-0.2, -0.15) is 0 Å². The molecule has 0 bridgehead atoms. The number of oxime groups is 1. The van der Waals surface area contributed by atoms with Crippen LogP contribution < -0.4 is 11.1 Å². The number of anilines is 1. The van der Waals surface area contributed by atoms with Crippen LogP contribution in [0.5, 0.6) is 0 Å². The number of nitrogens with one attached hydrogen (secondary N) is 1. The first-order valence-corrected chi connectivity index (χ1v) is 7.85. The summed E-state index contributed by atoms with van der Waals surface area (Å²) >= 11 is 0. The molecular formula is C13H19N3O4S. The molecule has 0 radical (unpaired) electrons. The molecule has 0 unspecified atom stereocenters. The molecule has 21 heavy (non-hydrogen) atoms. The Morgan fingerprint density at radius 3 is 2.38 bits per heavy atom. The van der Waals surface area contributed by atoms with Crippen molar-refractivity contribution in [3.63, 3.8) is 0 Å². The number of benzene rings is 1. The zero-order chi connectivity index (χ0) is 16.1. The fourth-order valence-corrected chi connectivity index (χ4v) is 2.07. The van der Waals surface area contributed by atoms with Crippen molar-refractivity contribution in [2.45, 2.75) is 25.5 Å². The molecule has 0 saturated carbocycles. The van der Waals surface area contributed by atoms with Crippen molar-refractivity contribution in [2.24, 2.45) is 10.9 Å². The highest BCUT2D eigenvalue weighted by Gasteiger charge is 2.30. The second kappa shape index (κ2) is 6.57. The lowest BCUT2D eigenvalue weighted by atomic mass is 10.3. The first-order valence-electron chi connectivity index (χ1n) is 6.19. The van der Waals surface area contributed by atoms with Gasteiger partial charge in [-0.05, 0) is 32.9 Å². The number of nitrogens with zero attached hydrogens (tertiary/aromatic N) is 1. The predicted molar refractivity (Wildman–Crippen MR) is 81.7 cm³/mol. The van der Waals surface area contributed by atoms with Gasteiger partial charge in [0.25, 0.3) is 0 Å². The molecule has 0 heterocycles. The van der Waals surface area contributed by atoms with Crippen LogP contribution in [0.25, 0.3) is 0 Å². The van der Waals surface area contributed by atoms with Gasteiger partial charge in [0.05, 0.1) is 4.75 Å². The van der Waals surface area contributed by atoms with Crippen LogP contribution in [0.4, 0.5) is 10.5 Å². The number of rotatable bonds is 4. The largest absolute Gasteiger partial charge is 0.437 e. The van der Waals surface area contributed by atoms with Crippen molar-refractivity contribution < 1.29 is 18.0 Å². The number of nitrogens with two attached hydrogens (primary N) is 1. The van der Waals surface area contributed by atoms with Crippen LogP contribution >= 0.6 is 0 Å². The molecule has 8 heteroatoms. The van der Waals surface area contributed by atoms with Crippen molar-refractivity contribution in [1.82, 2.24) is 0 Å². The maximum absolute atomic E-state index is 11.9. The Morgan fingerprint density at radius 2 is 1.86 bits per heavy atom. The Morgan fingerprint density at radius 1 is 1.29 bits per heavy atom. The summed E-state index contributed by atoms with van der Waals surface area (Å²) in [6, 6.07) is 8.60. The summed E-state index contributed by atoms with van der Waals surface area (Å²) < 4.78 is 22.8. The summed E-state index contributed by atoms with van der Waals surface area (Å²) in [6.45, 7) is 4.66. The fraction of sp³-hybridized carbons (Fsp3) is 0.385. The first kappa shape index (κ1) is 17.0. The number of hydrogen-bond acceptors (Lipinski definition) is 5. The second-order valence-corrected chi connectivity index (χ2v) is 8.07. The molecule has 0 saturated heterocycles. The molecule has 3 N–H and O–H groups in total. The zero-order valence-corrected chi connectivity index (χ0v) is 13.0. The van der Waals surface area contributed by atoms with Gasteiger partial charge >= 0.3 is 6.09 Å². The molecule has 0 aromatic heterocycles. The Balaban J connectivity index is 2.59. The average molecular weight is 313 g/mol. The summed E-state index contributed by atoms with van der Waals surface area (Å²) in [5.41, 5.74) is 5.99. The summed E-state index contributed by atoms with van der Waals surface area (Å²) in [7, 11) is -3.47. The third kappa shape index (κ3) is 5.42. The number of carbonyl (C=O) groups excluding carboxylic acids is 1. The van der Waals surface area contributed by atoms with Gasteiger partial charge in [0.2, 0.25) is 0 Å². The Kier molecular flexibility index (Phi) is 5.31. The van der Waals surface area contributed by atoms with E-state index in [1.165, 1.54) is 0 Å². The number of para-hydroxylation sites is 1. The van der Waals surface area contributed by atoms with Gasteiger partial charge in [-0.1, -0.05) is 23.4 Å². The van der Waals surface area contributed by atoms with Crippen LogP contribution in [0, 0.1) is 0 Å². The lowest BCUT2D eigenvalue weighted by molar-refractivity contribution is 0.166. The summed E-state index contributed by atoms with van der Waals surface area (Å²) in [4.78, 5) is 15.9. The summed E-state index contributed by atoms with van der Waals surface area (Å²) in [6.07, 6.45) is -0.850. The fourth-order valence-electron chi connectivity index (χ4n) is 1.20. The van der Waals surface area contributed by atoms with E-state index in [4.69, 9.17) is 5.73 Å². The Hall–Kier alpha value is -2.09. The van der Waals surface area contributed by atoms with Gasteiger partial charge in [0.15, 0.2) is 15.7 Å². The minimum absolute atomic E-state index is 0.284. The number of amides is 1. The van der Waals surface area contributed by atoms with E-state index >= 15 is 0 Å². The van der Waals surface area contributed by atoms with Crippen molar-refractivity contribution in [1.29, 1.82) is 0 Å². The van der Waals surface area contributed by atoms with E-state index in [9.17, 15) is 13.2 Å². The first-order chi connectivity index (χ1) is 9.62. The number of hydrogen-bond donors (Lipinski definition) is 2. The minimum Gasteiger partial charge on any atom is -0.384 e. The molecule has 0 aliphatic rings. The van der Waals surface area contributed by atoms with Crippen LogP contribution in [-0.4, -0.2) is 30.8 Å². The molecule has 1 rings (SSSR count). The number of sulfone groups is 1. The lowest BCUT2D eigenvalue weighted by Crippen LogP contribution is -2.36. The SMILES string of the molecule is CC(C)(C)S(=O)(=O)CC(N)=NOC(=O)Nc1ccccc1. The minimum atomic E-state index is -3.47. The monoisotopic (exact) mass is 313 g/mol. The van der Waals surface area contributed by atoms with Gasteiger partial charge in [-0.3, -0.25) is 10.2 Å². The smallest absolute Gasteiger partial charge is 0.384 e. The number of amidine groups is 1. The van der Waals surface area contributed by atoms with Crippen LogP contribution in [0.3, 0.4) is 0 Å². The van der Waals surface area contributed by atoms with E-state index < -0.39 is 26.4 Å². The molecule has 7 nitrogen and oxygen atoms in total. The van der Waals surface area contributed by atoms with Gasteiger partial charge in [0, 0.05) is 5.69 Å². The highest BCUT2D eigenvalue weighted by molar-refractivity contribution is 7.93. The Bertz CT molecular complexity index is 619. The van der Waals surface area contributed by atoms with Gasteiger partial charge < -0.3 is 5.73 Å². The normalized spacial score (nSPS) is 12.8. The van der Waals surface area contributed by atoms with Crippen LogP contribution in [0.15, 0.2) is 35.5 Å².